The van der Waals surface area contributed by atoms with Crippen LogP contribution in [-0.4, -0.2) is 83.7 Å². The van der Waals surface area contributed by atoms with Crippen molar-refractivity contribution in [3.8, 4) is 11.3 Å². The molecule has 1 heterocycles. The van der Waals surface area contributed by atoms with Gasteiger partial charge in [-0.15, -0.1) is 0 Å². The van der Waals surface area contributed by atoms with Crippen molar-refractivity contribution in [2.24, 2.45) is 5.73 Å². The SMILES string of the molecule is CC(C)c1nc(N(C)S(C)(=O)=O)nc(-c2ccc(F)cc2)c1C=C[C@H](O)C[C@@H](O)CC(=O)NC(CCCCN)C(=O)O. The van der Waals surface area contributed by atoms with E-state index >= 15 is 0 Å². The van der Waals surface area contributed by atoms with Crippen LogP contribution in [0.3, 0.4) is 0 Å². The Morgan fingerprint density at radius 1 is 1.14 bits per heavy atom. The molecule has 0 saturated heterocycles. The van der Waals surface area contributed by atoms with Crippen LogP contribution in [0.25, 0.3) is 17.3 Å². The number of carbonyl (C=O) groups excluding carboxylic acids is 1. The molecular formula is C28H40FN5O7S. The average molecular weight is 610 g/mol. The van der Waals surface area contributed by atoms with Gasteiger partial charge in [-0.3, -0.25) is 4.79 Å². The van der Waals surface area contributed by atoms with Gasteiger partial charge >= 0.3 is 5.97 Å². The molecule has 3 atom stereocenters. The molecule has 1 aromatic heterocycles. The van der Waals surface area contributed by atoms with Crippen molar-refractivity contribution in [1.82, 2.24) is 15.3 Å². The van der Waals surface area contributed by atoms with Crippen LogP contribution in [0.4, 0.5) is 10.3 Å². The standard InChI is InChI=1S/C28H40FN5O7S/c1-17(2)25-22(26(18-8-10-19(29)11-9-18)33-28(32-25)34(3)42(4,40)41)13-12-20(35)15-21(36)16-24(37)31-23(27(38)39)7-5-6-14-30/h8-13,17,20-21,23,35-36H,5-7,14-16,30H2,1-4H3,(H,31,37)(H,38,39)/t20-,21+,23?/m0/s1. The summed E-state index contributed by atoms with van der Waals surface area (Å²) in [5.41, 5.74) is 7.13. The zero-order valence-corrected chi connectivity index (χ0v) is 25.0. The molecule has 42 heavy (non-hydrogen) atoms. The summed E-state index contributed by atoms with van der Waals surface area (Å²) in [7, 11) is -2.37. The molecule has 0 aliphatic carbocycles. The van der Waals surface area contributed by atoms with E-state index in [4.69, 9.17) is 5.73 Å². The van der Waals surface area contributed by atoms with E-state index in [1.54, 1.807) is 0 Å². The minimum Gasteiger partial charge on any atom is -0.480 e. The molecule has 1 unspecified atom stereocenters. The number of benzene rings is 1. The highest BCUT2D eigenvalue weighted by molar-refractivity contribution is 7.92. The number of aliphatic carboxylic acids is 1. The van der Waals surface area contributed by atoms with Crippen LogP contribution in [0.2, 0.25) is 0 Å². The highest BCUT2D eigenvalue weighted by Crippen LogP contribution is 2.31. The minimum atomic E-state index is -3.69. The first kappa shape index (κ1) is 34.7. The molecule has 2 aromatic rings. The number of halogens is 1. The van der Waals surface area contributed by atoms with Crippen LogP contribution in [0.1, 0.15) is 63.1 Å². The molecule has 0 bridgehead atoms. The molecule has 0 fully saturated rings. The summed E-state index contributed by atoms with van der Waals surface area (Å²) < 4.78 is 39.0. The molecule has 0 saturated carbocycles. The third kappa shape index (κ3) is 10.4. The molecule has 12 nitrogen and oxygen atoms in total. The normalized spacial score (nSPS) is 14.1. The molecule has 0 spiro atoms. The largest absolute Gasteiger partial charge is 0.480 e. The fourth-order valence-electron chi connectivity index (χ4n) is 4.06. The Kier molecular flexibility index (Phi) is 13.0. The van der Waals surface area contributed by atoms with Gasteiger partial charge in [0.15, 0.2) is 0 Å². The van der Waals surface area contributed by atoms with Crippen molar-refractivity contribution >= 4 is 33.9 Å². The number of carboxylic acid groups (broad SMARTS) is 1. The summed E-state index contributed by atoms with van der Waals surface area (Å²) in [6.45, 7) is 4.09. The number of carboxylic acids is 1. The monoisotopic (exact) mass is 609 g/mol. The first-order valence-corrected chi connectivity index (χ1v) is 15.4. The second kappa shape index (κ2) is 15.7. The topological polar surface area (TPSA) is 196 Å². The van der Waals surface area contributed by atoms with Gasteiger partial charge in [0.05, 0.1) is 36.3 Å². The van der Waals surface area contributed by atoms with Crippen molar-refractivity contribution in [3.63, 3.8) is 0 Å². The van der Waals surface area contributed by atoms with E-state index < -0.39 is 52.4 Å². The Morgan fingerprint density at radius 2 is 1.79 bits per heavy atom. The number of carbonyl (C=O) groups is 2. The molecule has 0 aliphatic rings. The molecule has 0 radical (unpaired) electrons. The Hall–Kier alpha value is -3.46. The third-order valence-corrected chi connectivity index (χ3v) is 7.57. The maximum Gasteiger partial charge on any atom is 0.326 e. The average Bonchev–Trinajstić information content (AvgIpc) is 2.90. The second-order valence-corrected chi connectivity index (χ2v) is 12.3. The second-order valence-electron chi connectivity index (χ2n) is 10.3. The first-order valence-electron chi connectivity index (χ1n) is 13.5. The molecular weight excluding hydrogens is 569 g/mol. The van der Waals surface area contributed by atoms with E-state index in [0.717, 1.165) is 10.6 Å². The van der Waals surface area contributed by atoms with Gasteiger partial charge in [-0.1, -0.05) is 26.0 Å². The third-order valence-electron chi connectivity index (χ3n) is 6.41. The Bertz CT molecular complexity index is 1350. The zero-order valence-electron chi connectivity index (χ0n) is 24.2. The van der Waals surface area contributed by atoms with E-state index in [1.165, 1.54) is 43.5 Å². The molecule has 1 amide bonds. The fraction of sp³-hybridized carbons (Fsp3) is 0.500. The molecule has 1 aromatic carbocycles. The van der Waals surface area contributed by atoms with Crippen LogP contribution < -0.4 is 15.4 Å². The van der Waals surface area contributed by atoms with E-state index in [1.807, 2.05) is 13.8 Å². The van der Waals surface area contributed by atoms with E-state index in [9.17, 15) is 37.7 Å². The summed E-state index contributed by atoms with van der Waals surface area (Å²) in [5, 5.41) is 32.7. The predicted molar refractivity (Wildman–Crippen MR) is 158 cm³/mol. The number of aliphatic hydroxyl groups is 2. The number of hydrogen-bond acceptors (Lipinski definition) is 9. The molecule has 14 heteroatoms. The molecule has 0 aliphatic heterocycles. The van der Waals surface area contributed by atoms with Crippen molar-refractivity contribution < 1.29 is 37.7 Å². The van der Waals surface area contributed by atoms with Crippen LogP contribution in [0, 0.1) is 5.82 Å². The summed E-state index contributed by atoms with van der Waals surface area (Å²) in [6.07, 6.45) is 2.14. The van der Waals surface area contributed by atoms with Crippen molar-refractivity contribution in [3.05, 3.63) is 47.4 Å². The molecule has 6 N–H and O–H groups in total. The molecule has 232 valence electrons. The zero-order chi connectivity index (χ0) is 31.6. The summed E-state index contributed by atoms with van der Waals surface area (Å²) in [4.78, 5) is 32.7. The van der Waals surface area contributed by atoms with Crippen LogP contribution in [0.15, 0.2) is 30.3 Å². The fourth-order valence-corrected chi connectivity index (χ4v) is 4.44. The first-order chi connectivity index (χ1) is 19.6. The quantitative estimate of drug-likeness (QED) is 0.176. The Morgan fingerprint density at radius 3 is 2.33 bits per heavy atom. The number of aromatic nitrogens is 2. The number of anilines is 1. The van der Waals surface area contributed by atoms with Gasteiger partial charge in [0.1, 0.15) is 11.9 Å². The maximum atomic E-state index is 13.7. The number of nitrogens with one attached hydrogen (secondary N) is 1. The maximum absolute atomic E-state index is 13.7. The van der Waals surface area contributed by atoms with Crippen molar-refractivity contribution in [2.45, 2.75) is 70.1 Å². The predicted octanol–water partition coefficient (Wildman–Crippen LogP) is 2.02. The smallest absolute Gasteiger partial charge is 0.326 e. The Balaban J connectivity index is 2.30. The van der Waals surface area contributed by atoms with Crippen LogP contribution in [0.5, 0.6) is 0 Å². The van der Waals surface area contributed by atoms with Gasteiger partial charge in [0.2, 0.25) is 21.9 Å². The Labute approximate surface area is 245 Å². The van der Waals surface area contributed by atoms with E-state index in [0.29, 0.717) is 41.9 Å². The van der Waals surface area contributed by atoms with Gasteiger partial charge < -0.3 is 26.4 Å². The van der Waals surface area contributed by atoms with Crippen LogP contribution >= 0.6 is 0 Å². The van der Waals surface area contributed by atoms with Crippen molar-refractivity contribution in [1.29, 1.82) is 0 Å². The van der Waals surface area contributed by atoms with Gasteiger partial charge in [-0.2, -0.15) is 0 Å². The number of nitrogens with two attached hydrogens (primary N) is 1. The highest BCUT2D eigenvalue weighted by atomic mass is 32.2. The number of sulfonamides is 1. The lowest BCUT2D eigenvalue weighted by atomic mass is 9.97. The highest BCUT2D eigenvalue weighted by Gasteiger charge is 2.24. The summed E-state index contributed by atoms with van der Waals surface area (Å²) in [6, 6.07) is 4.35. The minimum absolute atomic E-state index is 0.0812. The van der Waals surface area contributed by atoms with Gasteiger partial charge in [0, 0.05) is 24.6 Å². The van der Waals surface area contributed by atoms with Gasteiger partial charge in [-0.25, -0.2) is 31.9 Å². The van der Waals surface area contributed by atoms with E-state index in [-0.39, 0.29) is 24.7 Å². The number of aliphatic hydroxyl groups excluding tert-OH is 2. The summed E-state index contributed by atoms with van der Waals surface area (Å²) >= 11 is 0. The van der Waals surface area contributed by atoms with E-state index in [2.05, 4.69) is 15.3 Å². The molecule has 2 rings (SSSR count). The number of rotatable bonds is 16. The lowest BCUT2D eigenvalue weighted by Crippen LogP contribution is -2.42. The summed E-state index contributed by atoms with van der Waals surface area (Å²) in [5.74, 6) is -2.62. The van der Waals surface area contributed by atoms with Crippen molar-refractivity contribution in [2.75, 3.05) is 24.2 Å². The van der Waals surface area contributed by atoms with Gasteiger partial charge in [-0.05, 0) is 56.0 Å². The lowest BCUT2D eigenvalue weighted by molar-refractivity contribution is -0.142. The van der Waals surface area contributed by atoms with Crippen LogP contribution in [-0.2, 0) is 19.6 Å². The number of hydrogen-bond donors (Lipinski definition) is 5. The lowest BCUT2D eigenvalue weighted by Gasteiger charge is -2.20. The van der Waals surface area contributed by atoms with Gasteiger partial charge in [0.25, 0.3) is 0 Å². The number of amides is 1. The number of nitrogens with zero attached hydrogens (tertiary/aromatic N) is 3. The number of unbranched alkanes of at least 4 members (excludes halogenated alkanes) is 1.